The van der Waals surface area contributed by atoms with Gasteiger partial charge in [-0.05, 0) is 78.8 Å². The highest BCUT2D eigenvalue weighted by molar-refractivity contribution is 6.30. The first-order valence-corrected chi connectivity index (χ1v) is 16.0. The van der Waals surface area contributed by atoms with E-state index in [0.717, 1.165) is 42.5 Å². The molecule has 1 aliphatic heterocycles. The van der Waals surface area contributed by atoms with E-state index in [1.165, 1.54) is 16.5 Å². The number of aromatic nitrogens is 2. The van der Waals surface area contributed by atoms with Gasteiger partial charge in [0.05, 0.1) is 17.3 Å². The standard InChI is InChI=1S/C32H32Cl2N4O2.C2HF3O2/c33-24-6-1-20(2-7-24)31(21-3-8-25(34)9-4-21)23-5-12-28-27(19-23)32(36-38(28)26-10-11-26)22-15-17-37(18-16-22)30(40)14-13-29(35)39;3-2(4,5)1(6)7/h1-9,12,19,22,26,31H,10-11,13-18H2,(H2,35,39);(H,6,7). The number of halogens is 5. The molecule has 1 aliphatic carbocycles. The van der Waals surface area contributed by atoms with Crippen molar-refractivity contribution in [1.82, 2.24) is 14.7 Å². The van der Waals surface area contributed by atoms with E-state index in [1.54, 1.807) is 0 Å². The lowest BCUT2D eigenvalue weighted by Gasteiger charge is -2.31. The number of alkyl halides is 3. The van der Waals surface area contributed by atoms with Crippen LogP contribution in [-0.2, 0) is 14.4 Å². The van der Waals surface area contributed by atoms with Crippen LogP contribution in [0.1, 0.15) is 78.8 Å². The summed E-state index contributed by atoms with van der Waals surface area (Å²) < 4.78 is 34.0. The van der Waals surface area contributed by atoms with Crippen LogP contribution in [0.2, 0.25) is 10.0 Å². The second-order valence-corrected chi connectivity index (χ2v) is 12.7. The lowest BCUT2D eigenvalue weighted by atomic mass is 9.84. The Labute approximate surface area is 279 Å². The number of hydrogen-bond donors (Lipinski definition) is 2. The van der Waals surface area contributed by atoms with Crippen molar-refractivity contribution in [2.75, 3.05) is 13.1 Å². The van der Waals surface area contributed by atoms with Gasteiger partial charge in [0.2, 0.25) is 11.8 Å². The summed E-state index contributed by atoms with van der Waals surface area (Å²) in [6.07, 6.45) is -0.798. The van der Waals surface area contributed by atoms with Gasteiger partial charge in [0.1, 0.15) is 0 Å². The number of nitrogens with two attached hydrogens (primary N) is 1. The number of carboxylic acids is 1. The Balaban J connectivity index is 0.000000559. The summed E-state index contributed by atoms with van der Waals surface area (Å²) in [4.78, 5) is 34.5. The molecule has 0 radical (unpaired) electrons. The maximum atomic E-state index is 12.6. The number of carbonyl (C=O) groups is 3. The molecule has 2 amide bonds. The number of primary amides is 1. The van der Waals surface area contributed by atoms with Gasteiger partial charge in [-0.25, -0.2) is 4.79 Å². The van der Waals surface area contributed by atoms with E-state index in [2.05, 4.69) is 47.1 Å². The van der Waals surface area contributed by atoms with Gasteiger partial charge in [0.25, 0.3) is 0 Å². The van der Waals surface area contributed by atoms with Gasteiger partial charge in [0.15, 0.2) is 0 Å². The third-order valence-electron chi connectivity index (χ3n) is 8.45. The smallest absolute Gasteiger partial charge is 0.475 e. The number of carbonyl (C=O) groups excluding carboxylic acids is 2. The summed E-state index contributed by atoms with van der Waals surface area (Å²) in [5.41, 5.74) is 11.0. The second-order valence-electron chi connectivity index (χ2n) is 11.8. The molecule has 6 rings (SSSR count). The zero-order valence-electron chi connectivity index (χ0n) is 25.2. The summed E-state index contributed by atoms with van der Waals surface area (Å²) in [7, 11) is 0. The number of amides is 2. The fourth-order valence-corrected chi connectivity index (χ4v) is 6.19. The van der Waals surface area contributed by atoms with Crippen LogP contribution in [0.15, 0.2) is 66.7 Å². The number of nitrogens with zero attached hydrogens (tertiary/aromatic N) is 3. The summed E-state index contributed by atoms with van der Waals surface area (Å²) >= 11 is 12.5. The largest absolute Gasteiger partial charge is 0.490 e. The molecular formula is C34H33Cl2F3N4O4. The lowest BCUT2D eigenvalue weighted by molar-refractivity contribution is -0.192. The molecule has 13 heteroatoms. The molecule has 248 valence electrons. The molecule has 2 fully saturated rings. The van der Waals surface area contributed by atoms with E-state index in [-0.39, 0.29) is 30.6 Å². The van der Waals surface area contributed by atoms with Crippen LogP contribution in [0.4, 0.5) is 13.2 Å². The molecular weight excluding hydrogens is 656 g/mol. The molecule has 2 aliphatic rings. The predicted molar refractivity (Wildman–Crippen MR) is 173 cm³/mol. The van der Waals surface area contributed by atoms with Gasteiger partial charge in [-0.3, -0.25) is 14.3 Å². The van der Waals surface area contributed by atoms with Crippen molar-refractivity contribution >= 4 is 51.9 Å². The monoisotopic (exact) mass is 688 g/mol. The van der Waals surface area contributed by atoms with Crippen molar-refractivity contribution in [3.63, 3.8) is 0 Å². The molecule has 8 nitrogen and oxygen atoms in total. The predicted octanol–water partition coefficient (Wildman–Crippen LogP) is 7.46. The maximum Gasteiger partial charge on any atom is 0.490 e. The maximum absolute atomic E-state index is 12.6. The van der Waals surface area contributed by atoms with Crippen LogP contribution < -0.4 is 5.73 Å². The molecule has 0 bridgehead atoms. The molecule has 4 aromatic rings. The van der Waals surface area contributed by atoms with Gasteiger partial charge in [-0.1, -0.05) is 53.5 Å². The quantitative estimate of drug-likeness (QED) is 0.186. The summed E-state index contributed by atoms with van der Waals surface area (Å²) in [5.74, 6) is -2.91. The average molecular weight is 690 g/mol. The number of carboxylic acid groups (broad SMARTS) is 1. The number of aliphatic carboxylic acids is 1. The Morgan fingerprint density at radius 3 is 1.83 bits per heavy atom. The average Bonchev–Trinajstić information content (AvgIpc) is 3.82. The number of rotatable bonds is 8. The van der Waals surface area contributed by atoms with Gasteiger partial charge in [-0.2, -0.15) is 18.3 Å². The van der Waals surface area contributed by atoms with Gasteiger partial charge in [-0.15, -0.1) is 0 Å². The molecule has 0 atom stereocenters. The summed E-state index contributed by atoms with van der Waals surface area (Å²) in [6.45, 7) is 1.33. The molecule has 1 aromatic heterocycles. The van der Waals surface area contributed by atoms with Crippen LogP contribution in [0, 0.1) is 0 Å². The van der Waals surface area contributed by atoms with E-state index in [1.807, 2.05) is 29.2 Å². The van der Waals surface area contributed by atoms with Gasteiger partial charge in [0, 0.05) is 53.2 Å². The van der Waals surface area contributed by atoms with E-state index >= 15 is 0 Å². The van der Waals surface area contributed by atoms with E-state index < -0.39 is 18.1 Å². The van der Waals surface area contributed by atoms with Crippen LogP contribution in [-0.4, -0.2) is 56.8 Å². The van der Waals surface area contributed by atoms with Crippen LogP contribution >= 0.6 is 23.2 Å². The zero-order chi connectivity index (χ0) is 33.9. The van der Waals surface area contributed by atoms with E-state index in [0.29, 0.717) is 29.2 Å². The van der Waals surface area contributed by atoms with Gasteiger partial charge < -0.3 is 15.7 Å². The third-order valence-corrected chi connectivity index (χ3v) is 8.96. The number of likely N-dealkylation sites (tertiary alicyclic amines) is 1. The fourth-order valence-electron chi connectivity index (χ4n) is 5.94. The highest BCUT2D eigenvalue weighted by atomic mass is 35.5. The van der Waals surface area contributed by atoms with Crippen molar-refractivity contribution in [1.29, 1.82) is 0 Å². The fraction of sp³-hybridized carbons (Fsp3) is 0.353. The number of fused-ring (bicyclic) bond motifs is 1. The van der Waals surface area contributed by atoms with Gasteiger partial charge >= 0.3 is 12.1 Å². The SMILES string of the molecule is NC(=O)CCC(=O)N1CCC(c2nn(C3CC3)c3ccc(C(c4ccc(Cl)cc4)c4ccc(Cl)cc4)cc23)CC1.O=C(O)C(F)(F)F. The first kappa shape index (κ1) is 34.3. The molecule has 3 N–H and O–H groups in total. The van der Waals surface area contributed by atoms with Crippen molar-refractivity contribution < 1.29 is 32.7 Å². The second kappa shape index (κ2) is 14.4. The Morgan fingerprint density at radius 1 is 0.851 bits per heavy atom. The van der Waals surface area contributed by atoms with Crippen LogP contribution in [0.5, 0.6) is 0 Å². The highest BCUT2D eigenvalue weighted by Gasteiger charge is 2.38. The van der Waals surface area contributed by atoms with Crippen molar-refractivity contribution in [2.24, 2.45) is 5.73 Å². The zero-order valence-corrected chi connectivity index (χ0v) is 26.7. The number of piperidine rings is 1. The minimum atomic E-state index is -5.08. The summed E-state index contributed by atoms with van der Waals surface area (Å²) in [5, 5.41) is 14.9. The highest BCUT2D eigenvalue weighted by Crippen LogP contribution is 2.42. The van der Waals surface area contributed by atoms with Crippen LogP contribution in [0.25, 0.3) is 10.9 Å². The first-order chi connectivity index (χ1) is 22.3. The molecule has 0 unspecified atom stereocenters. The number of benzene rings is 3. The number of hydrogen-bond acceptors (Lipinski definition) is 4. The van der Waals surface area contributed by atoms with Crippen molar-refractivity contribution in [2.45, 2.75) is 62.6 Å². The molecule has 47 heavy (non-hydrogen) atoms. The minimum Gasteiger partial charge on any atom is -0.475 e. The summed E-state index contributed by atoms with van der Waals surface area (Å²) in [6, 6.07) is 23.3. The minimum absolute atomic E-state index is 0.00155. The first-order valence-electron chi connectivity index (χ1n) is 15.2. The normalized spacial score (nSPS) is 15.4. The van der Waals surface area contributed by atoms with Crippen molar-refractivity contribution in [3.05, 3.63) is 99.2 Å². The van der Waals surface area contributed by atoms with Crippen molar-refractivity contribution in [3.8, 4) is 0 Å². The third kappa shape index (κ3) is 8.44. The van der Waals surface area contributed by atoms with E-state index in [9.17, 15) is 22.8 Å². The Hall–Kier alpha value is -4.09. The Kier molecular flexibility index (Phi) is 10.5. The molecule has 1 saturated carbocycles. The lowest BCUT2D eigenvalue weighted by Crippen LogP contribution is -2.38. The Bertz CT molecular complexity index is 1700. The molecule has 0 spiro atoms. The topological polar surface area (TPSA) is 119 Å². The van der Waals surface area contributed by atoms with E-state index in [4.69, 9.17) is 43.9 Å². The molecule has 3 aromatic carbocycles. The Morgan fingerprint density at radius 2 is 1.36 bits per heavy atom. The van der Waals surface area contributed by atoms with Crippen LogP contribution in [0.3, 0.4) is 0 Å². The molecule has 2 heterocycles. The molecule has 1 saturated heterocycles.